The first-order valence-corrected chi connectivity index (χ1v) is 7.60. The van der Waals surface area contributed by atoms with Gasteiger partial charge in [0, 0.05) is 28.9 Å². The third-order valence-corrected chi connectivity index (χ3v) is 3.95. The fraction of sp³-hybridized carbons (Fsp3) is 0.818. The topological polar surface area (TPSA) is 95.5 Å². The van der Waals surface area contributed by atoms with Crippen LogP contribution in [0.4, 0.5) is 4.79 Å². The first-order valence-electron chi connectivity index (χ1n) is 5.97. The molecule has 0 spiro atoms. The van der Waals surface area contributed by atoms with E-state index < -0.39 is 28.8 Å². The lowest BCUT2D eigenvalue weighted by Crippen LogP contribution is -2.46. The molecule has 2 unspecified atom stereocenters. The Morgan fingerprint density at radius 3 is 2.39 bits per heavy atom. The van der Waals surface area contributed by atoms with Crippen LogP contribution >= 0.6 is 0 Å². The van der Waals surface area contributed by atoms with E-state index in [0.717, 1.165) is 0 Å². The van der Waals surface area contributed by atoms with Crippen molar-refractivity contribution in [2.75, 3.05) is 12.8 Å². The Morgan fingerprint density at radius 2 is 1.94 bits per heavy atom. The van der Waals surface area contributed by atoms with Crippen molar-refractivity contribution >= 4 is 22.8 Å². The molecule has 0 radical (unpaired) electrons. The molecule has 0 aromatic carbocycles. The number of urea groups is 1. The molecule has 3 N–H and O–H groups in total. The lowest BCUT2D eigenvalue weighted by molar-refractivity contribution is -0.139. The standard InChI is InChI=1S/C11H22N2O4S/c1-4-5-9(10(14)15)13-11(16)12-7-6-8(2)18(3)17/h8-9H,4-7H2,1-3H3,(H,14,15)(H2,12,13,16)/t8?,9-,18?/m1/s1. The molecule has 0 fully saturated rings. The van der Waals surface area contributed by atoms with E-state index in [1.807, 2.05) is 13.8 Å². The predicted octanol–water partition coefficient (Wildman–Crippen LogP) is 0.696. The number of carboxylic acid groups (broad SMARTS) is 1. The second-order valence-electron chi connectivity index (χ2n) is 4.18. The number of rotatable bonds is 8. The number of amides is 2. The average molecular weight is 278 g/mol. The second kappa shape index (κ2) is 8.91. The number of aliphatic carboxylic acids is 1. The molecule has 106 valence electrons. The summed E-state index contributed by atoms with van der Waals surface area (Å²) in [5.74, 6) is -1.03. The molecule has 0 aromatic rings. The van der Waals surface area contributed by atoms with Crippen LogP contribution in [-0.2, 0) is 15.6 Å². The summed E-state index contributed by atoms with van der Waals surface area (Å²) in [6.45, 7) is 4.08. The maximum Gasteiger partial charge on any atom is 0.326 e. The molecule has 0 aromatic heterocycles. The first-order chi connectivity index (χ1) is 8.38. The molecular weight excluding hydrogens is 256 g/mol. The van der Waals surface area contributed by atoms with Crippen molar-refractivity contribution in [3.05, 3.63) is 0 Å². The van der Waals surface area contributed by atoms with Gasteiger partial charge in [-0.25, -0.2) is 9.59 Å². The van der Waals surface area contributed by atoms with Gasteiger partial charge in [0.1, 0.15) is 6.04 Å². The van der Waals surface area contributed by atoms with Crippen molar-refractivity contribution in [2.45, 2.75) is 44.4 Å². The van der Waals surface area contributed by atoms with Gasteiger partial charge in [-0.05, 0) is 12.8 Å². The zero-order chi connectivity index (χ0) is 14.1. The van der Waals surface area contributed by atoms with Crippen LogP contribution in [0.15, 0.2) is 0 Å². The van der Waals surface area contributed by atoms with Gasteiger partial charge in [0.25, 0.3) is 0 Å². The predicted molar refractivity (Wildman–Crippen MR) is 71.0 cm³/mol. The Balaban J connectivity index is 3.95. The van der Waals surface area contributed by atoms with Crippen LogP contribution in [0.25, 0.3) is 0 Å². The fourth-order valence-electron chi connectivity index (χ4n) is 1.31. The van der Waals surface area contributed by atoms with Crippen molar-refractivity contribution in [1.29, 1.82) is 0 Å². The highest BCUT2D eigenvalue weighted by molar-refractivity contribution is 7.84. The molecule has 0 aliphatic rings. The maximum atomic E-state index is 11.4. The van der Waals surface area contributed by atoms with Crippen LogP contribution < -0.4 is 10.6 Å². The van der Waals surface area contributed by atoms with E-state index in [0.29, 0.717) is 25.8 Å². The molecule has 0 heterocycles. The summed E-state index contributed by atoms with van der Waals surface area (Å²) >= 11 is 0. The minimum Gasteiger partial charge on any atom is -0.480 e. The van der Waals surface area contributed by atoms with Crippen LogP contribution in [0.5, 0.6) is 0 Å². The third-order valence-electron chi connectivity index (χ3n) is 2.58. The molecule has 0 saturated carbocycles. The quantitative estimate of drug-likeness (QED) is 0.609. The summed E-state index contributed by atoms with van der Waals surface area (Å²) < 4.78 is 11.1. The molecule has 7 heteroatoms. The third kappa shape index (κ3) is 7.26. The molecular formula is C11H22N2O4S. The molecule has 18 heavy (non-hydrogen) atoms. The first kappa shape index (κ1) is 16.9. The summed E-state index contributed by atoms with van der Waals surface area (Å²) in [5.41, 5.74) is 0. The van der Waals surface area contributed by atoms with Gasteiger partial charge in [0.05, 0.1) is 0 Å². The SMILES string of the molecule is CCC[C@@H](NC(=O)NCCC(C)S(C)=O)C(=O)O. The van der Waals surface area contributed by atoms with Gasteiger partial charge in [-0.3, -0.25) is 4.21 Å². The van der Waals surface area contributed by atoms with Crippen LogP contribution in [0.3, 0.4) is 0 Å². The molecule has 0 bridgehead atoms. The summed E-state index contributed by atoms with van der Waals surface area (Å²) in [7, 11) is -0.912. The minimum atomic E-state index is -1.03. The Bertz CT molecular complexity index is 309. The number of carbonyl (C=O) groups excluding carboxylic acids is 1. The van der Waals surface area contributed by atoms with Crippen molar-refractivity contribution in [1.82, 2.24) is 10.6 Å². The normalized spacial score (nSPS) is 15.5. The van der Waals surface area contributed by atoms with Crippen LogP contribution in [-0.4, -0.2) is 45.4 Å². The number of carboxylic acids is 1. The van der Waals surface area contributed by atoms with Crippen molar-refractivity contribution in [3.63, 3.8) is 0 Å². The van der Waals surface area contributed by atoms with Crippen LogP contribution in [0.1, 0.15) is 33.1 Å². The van der Waals surface area contributed by atoms with Gasteiger partial charge < -0.3 is 15.7 Å². The molecule has 0 aliphatic heterocycles. The zero-order valence-electron chi connectivity index (χ0n) is 11.1. The van der Waals surface area contributed by atoms with Crippen LogP contribution in [0, 0.1) is 0 Å². The highest BCUT2D eigenvalue weighted by Gasteiger charge is 2.18. The van der Waals surface area contributed by atoms with E-state index in [1.165, 1.54) is 0 Å². The molecule has 3 atom stereocenters. The lowest BCUT2D eigenvalue weighted by Gasteiger charge is -2.15. The van der Waals surface area contributed by atoms with E-state index in [1.54, 1.807) is 6.26 Å². The summed E-state index contributed by atoms with van der Waals surface area (Å²) in [5, 5.41) is 13.8. The summed E-state index contributed by atoms with van der Waals surface area (Å²) in [6, 6.07) is -1.35. The minimum absolute atomic E-state index is 0.0104. The maximum absolute atomic E-state index is 11.4. The monoisotopic (exact) mass is 278 g/mol. The molecule has 0 aliphatic carbocycles. The number of carbonyl (C=O) groups is 2. The Hall–Kier alpha value is -1.11. The fourth-order valence-corrected chi connectivity index (χ4v) is 1.76. The van der Waals surface area contributed by atoms with Gasteiger partial charge in [-0.1, -0.05) is 20.3 Å². The van der Waals surface area contributed by atoms with E-state index in [2.05, 4.69) is 10.6 Å². The largest absolute Gasteiger partial charge is 0.480 e. The Labute approximate surface area is 110 Å². The molecule has 0 rings (SSSR count). The molecule has 2 amide bonds. The van der Waals surface area contributed by atoms with Crippen molar-refractivity contribution in [3.8, 4) is 0 Å². The van der Waals surface area contributed by atoms with Crippen LogP contribution in [0.2, 0.25) is 0 Å². The zero-order valence-corrected chi connectivity index (χ0v) is 11.9. The summed E-state index contributed by atoms with van der Waals surface area (Å²) in [6.07, 6.45) is 3.30. The van der Waals surface area contributed by atoms with Gasteiger partial charge in [-0.15, -0.1) is 0 Å². The smallest absolute Gasteiger partial charge is 0.326 e. The molecule has 6 nitrogen and oxygen atoms in total. The van der Waals surface area contributed by atoms with Gasteiger partial charge in [0.15, 0.2) is 0 Å². The number of hydrogen-bond donors (Lipinski definition) is 3. The highest BCUT2D eigenvalue weighted by Crippen LogP contribution is 1.98. The Kier molecular flexibility index (Phi) is 8.36. The van der Waals surface area contributed by atoms with E-state index in [-0.39, 0.29) is 5.25 Å². The van der Waals surface area contributed by atoms with E-state index in [4.69, 9.17) is 5.11 Å². The highest BCUT2D eigenvalue weighted by atomic mass is 32.2. The lowest BCUT2D eigenvalue weighted by atomic mass is 10.2. The van der Waals surface area contributed by atoms with Gasteiger partial charge in [0.2, 0.25) is 0 Å². The van der Waals surface area contributed by atoms with Gasteiger partial charge >= 0.3 is 12.0 Å². The van der Waals surface area contributed by atoms with Gasteiger partial charge in [-0.2, -0.15) is 0 Å². The van der Waals surface area contributed by atoms with E-state index in [9.17, 15) is 13.8 Å². The van der Waals surface area contributed by atoms with Crippen molar-refractivity contribution in [2.24, 2.45) is 0 Å². The Morgan fingerprint density at radius 1 is 1.33 bits per heavy atom. The molecule has 0 saturated heterocycles. The summed E-state index contributed by atoms with van der Waals surface area (Å²) in [4.78, 5) is 22.2. The number of hydrogen-bond acceptors (Lipinski definition) is 3. The number of nitrogens with one attached hydrogen (secondary N) is 2. The van der Waals surface area contributed by atoms with Crippen molar-refractivity contribution < 1.29 is 18.9 Å². The second-order valence-corrected chi connectivity index (χ2v) is 5.98. The van der Waals surface area contributed by atoms with E-state index >= 15 is 0 Å². The average Bonchev–Trinajstić information content (AvgIpc) is 2.27.